The molecule has 1 fully saturated rings. The lowest BCUT2D eigenvalue weighted by molar-refractivity contribution is 0.0496. The van der Waals surface area contributed by atoms with Gasteiger partial charge in [-0.2, -0.15) is 0 Å². The number of aromatic nitrogens is 1. The summed E-state index contributed by atoms with van der Waals surface area (Å²) in [7, 11) is 3.48. The fourth-order valence-electron chi connectivity index (χ4n) is 2.94. The van der Waals surface area contributed by atoms with Crippen molar-refractivity contribution in [3.63, 3.8) is 0 Å². The summed E-state index contributed by atoms with van der Waals surface area (Å²) in [6, 6.07) is 10.2. The molecule has 0 spiro atoms. The van der Waals surface area contributed by atoms with E-state index in [9.17, 15) is 0 Å². The normalized spacial score (nSPS) is 22.5. The molecule has 0 amide bonds. The topological polar surface area (TPSA) is 34.6 Å². The maximum atomic E-state index is 5.59. The highest BCUT2D eigenvalue weighted by molar-refractivity contribution is 5.81. The molecule has 2 aromatic rings. The van der Waals surface area contributed by atoms with E-state index in [4.69, 9.17) is 14.5 Å². The van der Waals surface area contributed by atoms with Gasteiger partial charge in [-0.05, 0) is 42.7 Å². The van der Waals surface area contributed by atoms with Gasteiger partial charge in [0, 0.05) is 25.6 Å². The highest BCUT2D eigenvalue weighted by atomic mass is 16.5. The molecule has 4 nitrogen and oxygen atoms in total. The predicted molar refractivity (Wildman–Crippen MR) is 85.1 cm³/mol. The van der Waals surface area contributed by atoms with E-state index in [2.05, 4.69) is 24.0 Å². The van der Waals surface area contributed by atoms with Gasteiger partial charge in [0.1, 0.15) is 11.6 Å². The zero-order chi connectivity index (χ0) is 14.8. The van der Waals surface area contributed by atoms with Crippen LogP contribution in [0.25, 0.3) is 10.9 Å². The van der Waals surface area contributed by atoms with Crippen LogP contribution in [0.15, 0.2) is 30.3 Å². The van der Waals surface area contributed by atoms with E-state index in [1.165, 1.54) is 0 Å². The van der Waals surface area contributed by atoms with Gasteiger partial charge in [0.15, 0.2) is 0 Å². The number of piperidine rings is 1. The van der Waals surface area contributed by atoms with Gasteiger partial charge < -0.3 is 14.4 Å². The van der Waals surface area contributed by atoms with Gasteiger partial charge in [-0.15, -0.1) is 0 Å². The van der Waals surface area contributed by atoms with Crippen LogP contribution in [0.1, 0.15) is 13.3 Å². The largest absolute Gasteiger partial charge is 0.497 e. The molecule has 3 rings (SSSR count). The van der Waals surface area contributed by atoms with Crippen molar-refractivity contribution in [3.8, 4) is 5.75 Å². The highest BCUT2D eigenvalue weighted by Crippen LogP contribution is 2.26. The van der Waals surface area contributed by atoms with Gasteiger partial charge in [-0.3, -0.25) is 0 Å². The minimum absolute atomic E-state index is 0.284. The highest BCUT2D eigenvalue weighted by Gasteiger charge is 2.26. The van der Waals surface area contributed by atoms with Crippen LogP contribution in [0, 0.1) is 5.92 Å². The van der Waals surface area contributed by atoms with Crippen molar-refractivity contribution in [2.45, 2.75) is 19.4 Å². The van der Waals surface area contributed by atoms with Gasteiger partial charge in [0.05, 0.1) is 18.7 Å². The molecule has 2 heterocycles. The second-order valence-electron chi connectivity index (χ2n) is 5.71. The van der Waals surface area contributed by atoms with Crippen LogP contribution >= 0.6 is 0 Å². The first-order valence-corrected chi connectivity index (χ1v) is 7.44. The second-order valence-corrected chi connectivity index (χ2v) is 5.71. The van der Waals surface area contributed by atoms with Crippen molar-refractivity contribution >= 4 is 16.7 Å². The number of benzene rings is 1. The average molecular weight is 286 g/mol. The number of nitrogens with zero attached hydrogens (tertiary/aromatic N) is 2. The van der Waals surface area contributed by atoms with Gasteiger partial charge in [-0.25, -0.2) is 4.98 Å². The standard InChI is InChI=1S/C17H22N2O2/c1-12-8-9-19(11-16(12)21-3)17-7-4-13-10-14(20-2)5-6-15(13)18-17/h4-7,10,12,16H,8-9,11H2,1-3H3. The smallest absolute Gasteiger partial charge is 0.129 e. The first-order chi connectivity index (χ1) is 10.2. The van der Waals surface area contributed by atoms with E-state index >= 15 is 0 Å². The van der Waals surface area contributed by atoms with E-state index in [1.807, 2.05) is 18.2 Å². The predicted octanol–water partition coefficient (Wildman–Crippen LogP) is 3.10. The number of pyridine rings is 1. The molecule has 21 heavy (non-hydrogen) atoms. The number of anilines is 1. The average Bonchev–Trinajstić information content (AvgIpc) is 2.54. The van der Waals surface area contributed by atoms with Gasteiger partial charge in [0.25, 0.3) is 0 Å². The van der Waals surface area contributed by atoms with Crippen LogP contribution in [0.5, 0.6) is 5.75 Å². The molecule has 1 aliphatic heterocycles. The van der Waals surface area contributed by atoms with E-state index in [1.54, 1.807) is 14.2 Å². The summed E-state index contributed by atoms with van der Waals surface area (Å²) < 4.78 is 10.8. The fourth-order valence-corrected chi connectivity index (χ4v) is 2.94. The van der Waals surface area contributed by atoms with E-state index in [0.717, 1.165) is 42.0 Å². The Morgan fingerprint density at radius 2 is 2.05 bits per heavy atom. The van der Waals surface area contributed by atoms with Crippen molar-refractivity contribution < 1.29 is 9.47 Å². The lowest BCUT2D eigenvalue weighted by Gasteiger charge is -2.37. The molecule has 2 unspecified atom stereocenters. The van der Waals surface area contributed by atoms with E-state index in [-0.39, 0.29) is 6.10 Å². The summed E-state index contributed by atoms with van der Waals surface area (Å²) in [5.41, 5.74) is 1.00. The Morgan fingerprint density at radius 3 is 2.81 bits per heavy atom. The Bertz CT molecular complexity index is 629. The minimum atomic E-state index is 0.284. The zero-order valence-electron chi connectivity index (χ0n) is 12.9. The maximum absolute atomic E-state index is 5.59. The number of rotatable bonds is 3. The third-order valence-electron chi connectivity index (χ3n) is 4.40. The molecule has 0 saturated carbocycles. The second kappa shape index (κ2) is 5.90. The third-order valence-corrected chi connectivity index (χ3v) is 4.40. The van der Waals surface area contributed by atoms with Gasteiger partial charge in [0.2, 0.25) is 0 Å². The number of methoxy groups -OCH3 is 2. The molecule has 0 N–H and O–H groups in total. The van der Waals surface area contributed by atoms with Crippen LogP contribution < -0.4 is 9.64 Å². The van der Waals surface area contributed by atoms with Gasteiger partial charge in [-0.1, -0.05) is 6.92 Å². The van der Waals surface area contributed by atoms with Crippen molar-refractivity contribution in [3.05, 3.63) is 30.3 Å². The Balaban J connectivity index is 1.87. The molecule has 112 valence electrons. The lowest BCUT2D eigenvalue weighted by atomic mass is 9.96. The summed E-state index contributed by atoms with van der Waals surface area (Å²) in [6.45, 7) is 4.20. The van der Waals surface area contributed by atoms with Gasteiger partial charge >= 0.3 is 0 Å². The number of hydrogen-bond acceptors (Lipinski definition) is 4. The van der Waals surface area contributed by atoms with E-state index in [0.29, 0.717) is 5.92 Å². The molecule has 1 saturated heterocycles. The number of hydrogen-bond donors (Lipinski definition) is 0. The van der Waals surface area contributed by atoms with Crippen molar-refractivity contribution in [1.29, 1.82) is 0 Å². The Kier molecular flexibility index (Phi) is 3.97. The van der Waals surface area contributed by atoms with Crippen LogP contribution in [0.4, 0.5) is 5.82 Å². The molecule has 1 aromatic heterocycles. The molecule has 0 aliphatic carbocycles. The monoisotopic (exact) mass is 286 g/mol. The summed E-state index contributed by atoms with van der Waals surface area (Å²) in [5.74, 6) is 2.50. The molecular weight excluding hydrogens is 264 g/mol. The molecule has 0 radical (unpaired) electrons. The van der Waals surface area contributed by atoms with E-state index < -0.39 is 0 Å². The maximum Gasteiger partial charge on any atom is 0.129 e. The van der Waals surface area contributed by atoms with Crippen LogP contribution in [-0.2, 0) is 4.74 Å². The molecule has 1 aliphatic rings. The van der Waals surface area contributed by atoms with Crippen molar-refractivity contribution in [2.24, 2.45) is 5.92 Å². The fraction of sp³-hybridized carbons (Fsp3) is 0.471. The zero-order valence-corrected chi connectivity index (χ0v) is 12.9. The van der Waals surface area contributed by atoms with Crippen LogP contribution in [0.2, 0.25) is 0 Å². The SMILES string of the molecule is COc1ccc2nc(N3CCC(C)C(OC)C3)ccc2c1. The number of ether oxygens (including phenoxy) is 2. The lowest BCUT2D eigenvalue weighted by Crippen LogP contribution is -2.44. The molecule has 4 heteroatoms. The summed E-state index contributed by atoms with van der Waals surface area (Å²) in [5, 5.41) is 1.10. The molecule has 2 atom stereocenters. The minimum Gasteiger partial charge on any atom is -0.497 e. The Morgan fingerprint density at radius 1 is 1.19 bits per heavy atom. The summed E-state index contributed by atoms with van der Waals surface area (Å²) in [6.07, 6.45) is 1.42. The Hall–Kier alpha value is -1.81. The summed E-state index contributed by atoms with van der Waals surface area (Å²) in [4.78, 5) is 7.10. The van der Waals surface area contributed by atoms with Crippen LogP contribution in [0.3, 0.4) is 0 Å². The summed E-state index contributed by atoms with van der Waals surface area (Å²) >= 11 is 0. The molecule has 1 aromatic carbocycles. The number of fused-ring (bicyclic) bond motifs is 1. The third kappa shape index (κ3) is 2.81. The van der Waals surface area contributed by atoms with Crippen LogP contribution in [-0.4, -0.2) is 38.4 Å². The first kappa shape index (κ1) is 14.1. The molecular formula is C17H22N2O2. The first-order valence-electron chi connectivity index (χ1n) is 7.44. The quantitative estimate of drug-likeness (QED) is 0.868. The van der Waals surface area contributed by atoms with Crippen molar-refractivity contribution in [1.82, 2.24) is 4.98 Å². The van der Waals surface area contributed by atoms with Crippen molar-refractivity contribution in [2.75, 3.05) is 32.2 Å². The molecule has 0 bridgehead atoms. The Labute approximate surface area is 125 Å².